The molecule has 0 bridgehead atoms. The summed E-state index contributed by atoms with van der Waals surface area (Å²) in [7, 11) is -2.54. The van der Waals surface area contributed by atoms with E-state index >= 15 is 0 Å². The zero-order valence-corrected chi connectivity index (χ0v) is 15.5. The molecule has 25 heavy (non-hydrogen) atoms. The molecule has 0 saturated carbocycles. The number of ether oxygens (including phenoxy) is 2. The Morgan fingerprint density at radius 1 is 1.20 bits per heavy atom. The van der Waals surface area contributed by atoms with Crippen molar-refractivity contribution in [2.24, 2.45) is 5.10 Å². The molecule has 0 aliphatic carbocycles. The van der Waals surface area contributed by atoms with E-state index in [0.717, 1.165) is 6.42 Å². The van der Waals surface area contributed by atoms with Gasteiger partial charge >= 0.3 is 0 Å². The van der Waals surface area contributed by atoms with E-state index in [0.29, 0.717) is 17.9 Å². The number of hydrogen-bond acceptors (Lipinski definition) is 5. The van der Waals surface area contributed by atoms with Gasteiger partial charge in [-0.1, -0.05) is 30.7 Å². The summed E-state index contributed by atoms with van der Waals surface area (Å²) < 4.78 is 35.5. The van der Waals surface area contributed by atoms with Crippen LogP contribution in [0.1, 0.15) is 18.9 Å². The van der Waals surface area contributed by atoms with E-state index in [9.17, 15) is 8.42 Å². The lowest BCUT2D eigenvalue weighted by Crippen LogP contribution is -2.19. The first kappa shape index (κ1) is 19.1. The Kier molecular flexibility index (Phi) is 6.66. The van der Waals surface area contributed by atoms with E-state index in [-0.39, 0.29) is 15.7 Å². The highest BCUT2D eigenvalue weighted by molar-refractivity contribution is 7.89. The number of nitrogens with zero attached hydrogens (tertiary/aromatic N) is 1. The molecule has 0 saturated heterocycles. The van der Waals surface area contributed by atoms with Crippen LogP contribution in [0, 0.1) is 0 Å². The maximum absolute atomic E-state index is 12.4. The van der Waals surface area contributed by atoms with Crippen LogP contribution in [0.15, 0.2) is 52.5 Å². The molecule has 0 fully saturated rings. The second kappa shape index (κ2) is 8.73. The monoisotopic (exact) mass is 382 g/mol. The fourth-order valence-electron chi connectivity index (χ4n) is 2.01. The van der Waals surface area contributed by atoms with Crippen LogP contribution < -0.4 is 14.3 Å². The standard InChI is InChI=1S/C17H19ClN2O4S/c1-3-10-24-15-7-5-4-6-13(15)12-19-20-25(21,22)17-11-14(18)8-9-16(17)23-2/h4-9,11-12,20H,3,10H2,1-2H3/b19-12+. The van der Waals surface area contributed by atoms with Crippen LogP contribution in [0.3, 0.4) is 0 Å². The number of nitrogens with one attached hydrogen (secondary N) is 1. The fraction of sp³-hybridized carbons (Fsp3) is 0.235. The van der Waals surface area contributed by atoms with Gasteiger partial charge in [-0.3, -0.25) is 0 Å². The fourth-order valence-corrected chi connectivity index (χ4v) is 3.23. The topological polar surface area (TPSA) is 77.0 Å². The maximum Gasteiger partial charge on any atom is 0.280 e. The molecule has 2 rings (SSSR count). The Morgan fingerprint density at radius 2 is 1.96 bits per heavy atom. The van der Waals surface area contributed by atoms with Crippen molar-refractivity contribution in [3.05, 3.63) is 53.1 Å². The molecule has 0 spiro atoms. The van der Waals surface area contributed by atoms with Gasteiger partial charge in [0.2, 0.25) is 0 Å². The van der Waals surface area contributed by atoms with Crippen molar-refractivity contribution in [3.63, 3.8) is 0 Å². The summed E-state index contributed by atoms with van der Waals surface area (Å²) in [6, 6.07) is 11.6. The predicted octanol–water partition coefficient (Wildman–Crippen LogP) is 3.45. The van der Waals surface area contributed by atoms with Crippen molar-refractivity contribution >= 4 is 27.8 Å². The van der Waals surface area contributed by atoms with E-state index in [1.165, 1.54) is 25.5 Å². The molecule has 1 N–H and O–H groups in total. The predicted molar refractivity (Wildman–Crippen MR) is 98.1 cm³/mol. The number of hydrogen-bond donors (Lipinski definition) is 1. The number of hydrazone groups is 1. The second-order valence-corrected chi connectivity index (χ2v) is 7.10. The molecule has 0 aliphatic rings. The van der Waals surface area contributed by atoms with Gasteiger partial charge in [0.15, 0.2) is 0 Å². The first-order valence-corrected chi connectivity index (χ1v) is 9.44. The molecule has 0 heterocycles. The molecule has 0 aromatic heterocycles. The summed E-state index contributed by atoms with van der Waals surface area (Å²) in [6.07, 6.45) is 2.26. The number of rotatable bonds is 8. The molecule has 0 radical (unpaired) electrons. The van der Waals surface area contributed by atoms with Crippen molar-refractivity contribution in [2.45, 2.75) is 18.2 Å². The van der Waals surface area contributed by atoms with Gasteiger partial charge in [-0.15, -0.1) is 0 Å². The van der Waals surface area contributed by atoms with Crippen LogP contribution in [0.25, 0.3) is 0 Å². The molecule has 0 amide bonds. The molecule has 2 aromatic carbocycles. The Balaban J connectivity index is 2.20. The zero-order valence-electron chi connectivity index (χ0n) is 13.9. The van der Waals surface area contributed by atoms with Crippen molar-refractivity contribution < 1.29 is 17.9 Å². The minimum atomic E-state index is -3.92. The van der Waals surface area contributed by atoms with Crippen LogP contribution in [0.4, 0.5) is 0 Å². The lowest BCUT2D eigenvalue weighted by molar-refractivity contribution is 0.317. The first-order chi connectivity index (χ1) is 12.0. The average molecular weight is 383 g/mol. The van der Waals surface area contributed by atoms with Crippen molar-refractivity contribution in [1.82, 2.24) is 4.83 Å². The van der Waals surface area contributed by atoms with Gasteiger partial charge in [0, 0.05) is 10.6 Å². The number of sulfonamides is 1. The van der Waals surface area contributed by atoms with E-state index in [1.807, 2.05) is 19.1 Å². The van der Waals surface area contributed by atoms with Crippen LogP contribution in [-0.2, 0) is 10.0 Å². The van der Waals surface area contributed by atoms with Gasteiger partial charge in [0.1, 0.15) is 16.4 Å². The highest BCUT2D eigenvalue weighted by atomic mass is 35.5. The molecule has 2 aromatic rings. The maximum atomic E-state index is 12.4. The van der Waals surface area contributed by atoms with Crippen LogP contribution in [-0.4, -0.2) is 28.3 Å². The molecule has 0 aliphatic heterocycles. The van der Waals surface area contributed by atoms with Gasteiger partial charge < -0.3 is 9.47 Å². The lowest BCUT2D eigenvalue weighted by atomic mass is 10.2. The van der Waals surface area contributed by atoms with Gasteiger partial charge in [-0.25, -0.2) is 0 Å². The smallest absolute Gasteiger partial charge is 0.280 e. The van der Waals surface area contributed by atoms with Gasteiger partial charge in [-0.2, -0.15) is 18.4 Å². The van der Waals surface area contributed by atoms with Crippen LogP contribution >= 0.6 is 11.6 Å². The largest absolute Gasteiger partial charge is 0.495 e. The minimum Gasteiger partial charge on any atom is -0.495 e. The molecule has 6 nitrogen and oxygen atoms in total. The summed E-state index contributed by atoms with van der Waals surface area (Å²) in [5.74, 6) is 0.811. The SMILES string of the molecule is CCCOc1ccccc1/C=N/NS(=O)(=O)c1cc(Cl)ccc1OC. The van der Waals surface area contributed by atoms with Crippen molar-refractivity contribution in [3.8, 4) is 11.5 Å². The summed E-state index contributed by atoms with van der Waals surface area (Å²) in [6.45, 7) is 2.57. The van der Waals surface area contributed by atoms with E-state index in [2.05, 4.69) is 9.93 Å². The average Bonchev–Trinajstić information content (AvgIpc) is 2.60. The molecule has 0 atom stereocenters. The molecule has 0 unspecified atom stereocenters. The van der Waals surface area contributed by atoms with Crippen molar-refractivity contribution in [1.29, 1.82) is 0 Å². The first-order valence-electron chi connectivity index (χ1n) is 7.58. The van der Waals surface area contributed by atoms with Crippen LogP contribution in [0.5, 0.6) is 11.5 Å². The van der Waals surface area contributed by atoms with Gasteiger partial charge in [0.05, 0.1) is 19.9 Å². The molecule has 8 heteroatoms. The summed E-state index contributed by atoms with van der Waals surface area (Å²) >= 11 is 5.88. The molecular formula is C17H19ClN2O4S. The molecule has 134 valence electrons. The summed E-state index contributed by atoms with van der Waals surface area (Å²) in [5, 5.41) is 4.10. The third kappa shape index (κ3) is 5.11. The Hall–Kier alpha value is -2.25. The Labute approximate surface area is 152 Å². The van der Waals surface area contributed by atoms with E-state index in [1.54, 1.807) is 18.2 Å². The minimum absolute atomic E-state index is 0.0878. The van der Waals surface area contributed by atoms with Crippen LogP contribution in [0.2, 0.25) is 5.02 Å². The number of para-hydroxylation sites is 1. The quantitative estimate of drug-likeness (QED) is 0.560. The molecular weight excluding hydrogens is 364 g/mol. The lowest BCUT2D eigenvalue weighted by Gasteiger charge is -2.10. The summed E-state index contributed by atoms with van der Waals surface area (Å²) in [4.78, 5) is 2.07. The van der Waals surface area contributed by atoms with E-state index < -0.39 is 10.0 Å². The number of methoxy groups -OCH3 is 1. The summed E-state index contributed by atoms with van der Waals surface area (Å²) in [5.41, 5.74) is 0.664. The second-order valence-electron chi connectivity index (χ2n) is 5.03. The van der Waals surface area contributed by atoms with Crippen molar-refractivity contribution in [2.75, 3.05) is 13.7 Å². The van der Waals surface area contributed by atoms with Gasteiger partial charge in [-0.05, 0) is 36.8 Å². The highest BCUT2D eigenvalue weighted by Crippen LogP contribution is 2.26. The zero-order chi connectivity index (χ0) is 18.3. The van der Waals surface area contributed by atoms with Gasteiger partial charge in [0.25, 0.3) is 10.0 Å². The third-order valence-corrected chi connectivity index (χ3v) is 4.65. The number of benzene rings is 2. The highest BCUT2D eigenvalue weighted by Gasteiger charge is 2.19. The Bertz CT molecular complexity index is 853. The normalized spacial score (nSPS) is 11.5. The Morgan fingerprint density at radius 3 is 2.68 bits per heavy atom. The van der Waals surface area contributed by atoms with E-state index in [4.69, 9.17) is 21.1 Å². The number of halogens is 1. The third-order valence-electron chi connectivity index (χ3n) is 3.17.